The lowest BCUT2D eigenvalue weighted by molar-refractivity contribution is -0.142. The molecule has 18 heavy (non-hydrogen) atoms. The molecule has 104 valence electrons. The minimum atomic E-state index is -3.04. The quantitative estimate of drug-likeness (QED) is 0.659. The molecule has 1 atom stereocenters. The van der Waals surface area contributed by atoms with E-state index in [1.165, 1.54) is 12.0 Å². The molecular formula is C11H19NO5S. The Bertz CT molecular complexity index is 417. The topological polar surface area (TPSA) is 80.8 Å². The zero-order valence-corrected chi connectivity index (χ0v) is 11.5. The molecule has 7 heteroatoms. The second-order valence-electron chi connectivity index (χ2n) is 4.32. The van der Waals surface area contributed by atoms with Crippen LogP contribution in [0.5, 0.6) is 0 Å². The monoisotopic (exact) mass is 277 g/mol. The Labute approximate surface area is 107 Å². The maximum absolute atomic E-state index is 11.8. The lowest BCUT2D eigenvalue weighted by Gasteiger charge is -2.27. The van der Waals surface area contributed by atoms with Gasteiger partial charge in [-0.15, -0.1) is 0 Å². The molecule has 1 aliphatic heterocycles. The molecule has 0 aromatic heterocycles. The van der Waals surface area contributed by atoms with Crippen LogP contribution in [0.15, 0.2) is 0 Å². The SMILES string of the molecule is CCC(=O)N(CCC(=O)OC)[C@@H]1CCS(=O)(=O)C1. The number of nitrogens with zero attached hydrogens (tertiary/aromatic N) is 1. The highest BCUT2D eigenvalue weighted by atomic mass is 32.2. The third kappa shape index (κ3) is 3.97. The van der Waals surface area contributed by atoms with Crippen molar-refractivity contribution in [3.05, 3.63) is 0 Å². The average Bonchev–Trinajstić information content (AvgIpc) is 2.69. The van der Waals surface area contributed by atoms with Crippen LogP contribution in [0.25, 0.3) is 0 Å². The summed E-state index contributed by atoms with van der Waals surface area (Å²) in [4.78, 5) is 24.4. The van der Waals surface area contributed by atoms with E-state index in [2.05, 4.69) is 4.74 Å². The van der Waals surface area contributed by atoms with E-state index >= 15 is 0 Å². The average molecular weight is 277 g/mol. The minimum Gasteiger partial charge on any atom is -0.469 e. The number of esters is 1. The molecule has 0 N–H and O–H groups in total. The molecule has 1 amide bonds. The molecular weight excluding hydrogens is 258 g/mol. The van der Waals surface area contributed by atoms with Crippen LogP contribution in [-0.4, -0.2) is 56.4 Å². The van der Waals surface area contributed by atoms with Gasteiger partial charge in [0.15, 0.2) is 9.84 Å². The summed E-state index contributed by atoms with van der Waals surface area (Å²) in [5, 5.41) is 0. The summed E-state index contributed by atoms with van der Waals surface area (Å²) in [6.07, 6.45) is 0.853. The first kappa shape index (κ1) is 14.9. The van der Waals surface area contributed by atoms with Gasteiger partial charge in [0, 0.05) is 19.0 Å². The second kappa shape index (κ2) is 6.17. The van der Waals surface area contributed by atoms with Crippen LogP contribution in [0.1, 0.15) is 26.2 Å². The van der Waals surface area contributed by atoms with Crippen LogP contribution >= 0.6 is 0 Å². The van der Waals surface area contributed by atoms with E-state index in [1.807, 2.05) is 0 Å². The fourth-order valence-corrected chi connectivity index (χ4v) is 3.78. The predicted octanol–water partition coefficient (Wildman–Crippen LogP) is -0.0248. The van der Waals surface area contributed by atoms with Crippen molar-refractivity contribution in [3.8, 4) is 0 Å². The molecule has 0 unspecified atom stereocenters. The number of hydrogen-bond donors (Lipinski definition) is 0. The molecule has 0 bridgehead atoms. The summed E-state index contributed by atoms with van der Waals surface area (Å²) in [6, 6.07) is -0.299. The minimum absolute atomic E-state index is 0.0000867. The summed E-state index contributed by atoms with van der Waals surface area (Å²) < 4.78 is 27.4. The summed E-state index contributed by atoms with van der Waals surface area (Å²) >= 11 is 0. The standard InChI is InChI=1S/C11H19NO5S/c1-3-10(13)12(6-4-11(14)17-2)9-5-7-18(15,16)8-9/h9H,3-8H2,1-2H3/t9-/m1/s1. The highest BCUT2D eigenvalue weighted by molar-refractivity contribution is 7.91. The Morgan fingerprint density at radius 2 is 2.06 bits per heavy atom. The highest BCUT2D eigenvalue weighted by Crippen LogP contribution is 2.19. The fourth-order valence-electron chi connectivity index (χ4n) is 2.05. The van der Waals surface area contributed by atoms with Gasteiger partial charge in [-0.1, -0.05) is 6.92 Å². The number of carbonyl (C=O) groups excluding carboxylic acids is 2. The summed E-state index contributed by atoms with van der Waals surface area (Å²) in [7, 11) is -1.75. The van der Waals surface area contributed by atoms with Crippen molar-refractivity contribution in [1.29, 1.82) is 0 Å². The van der Waals surface area contributed by atoms with Crippen molar-refractivity contribution in [2.45, 2.75) is 32.2 Å². The molecule has 1 rings (SSSR count). The molecule has 1 aliphatic rings. The van der Waals surface area contributed by atoms with E-state index in [9.17, 15) is 18.0 Å². The number of ether oxygens (including phenoxy) is 1. The Morgan fingerprint density at radius 3 is 2.50 bits per heavy atom. The Morgan fingerprint density at radius 1 is 1.39 bits per heavy atom. The van der Waals surface area contributed by atoms with Crippen molar-refractivity contribution < 1.29 is 22.7 Å². The van der Waals surface area contributed by atoms with E-state index in [4.69, 9.17) is 0 Å². The molecule has 0 aromatic rings. The molecule has 0 spiro atoms. The Hall–Kier alpha value is -1.11. The van der Waals surface area contributed by atoms with Crippen molar-refractivity contribution in [2.24, 2.45) is 0 Å². The van der Waals surface area contributed by atoms with Crippen molar-refractivity contribution >= 4 is 21.7 Å². The lowest BCUT2D eigenvalue weighted by atomic mass is 10.2. The van der Waals surface area contributed by atoms with Crippen LogP contribution in [0.4, 0.5) is 0 Å². The smallest absolute Gasteiger partial charge is 0.307 e. The van der Waals surface area contributed by atoms with Gasteiger partial charge in [0.25, 0.3) is 0 Å². The fraction of sp³-hybridized carbons (Fsp3) is 0.818. The normalized spacial score (nSPS) is 21.6. The van der Waals surface area contributed by atoms with Gasteiger partial charge in [-0.3, -0.25) is 9.59 Å². The van der Waals surface area contributed by atoms with Gasteiger partial charge in [-0.05, 0) is 6.42 Å². The van der Waals surface area contributed by atoms with Gasteiger partial charge in [-0.2, -0.15) is 0 Å². The maximum atomic E-state index is 11.8. The van der Waals surface area contributed by atoms with Gasteiger partial charge in [0.2, 0.25) is 5.91 Å². The van der Waals surface area contributed by atoms with E-state index in [1.54, 1.807) is 6.92 Å². The van der Waals surface area contributed by atoms with Crippen LogP contribution in [-0.2, 0) is 24.2 Å². The molecule has 0 aliphatic carbocycles. The number of methoxy groups -OCH3 is 1. The molecule has 1 saturated heterocycles. The van der Waals surface area contributed by atoms with E-state index in [0.717, 1.165) is 0 Å². The second-order valence-corrected chi connectivity index (χ2v) is 6.55. The maximum Gasteiger partial charge on any atom is 0.307 e. The van der Waals surface area contributed by atoms with E-state index in [-0.39, 0.29) is 36.4 Å². The third-order valence-corrected chi connectivity index (χ3v) is 4.81. The number of hydrogen-bond acceptors (Lipinski definition) is 5. The molecule has 6 nitrogen and oxygen atoms in total. The Balaban J connectivity index is 2.67. The molecule has 0 saturated carbocycles. The van der Waals surface area contributed by atoms with Gasteiger partial charge in [0.05, 0.1) is 25.0 Å². The highest BCUT2D eigenvalue weighted by Gasteiger charge is 2.34. The number of carbonyl (C=O) groups is 2. The van der Waals surface area contributed by atoms with Crippen molar-refractivity contribution in [1.82, 2.24) is 4.90 Å². The molecule has 1 fully saturated rings. The summed E-state index contributed by atoms with van der Waals surface area (Å²) in [5.41, 5.74) is 0. The number of sulfone groups is 1. The van der Waals surface area contributed by atoms with E-state index < -0.39 is 15.8 Å². The first-order valence-electron chi connectivity index (χ1n) is 5.96. The van der Waals surface area contributed by atoms with Crippen LogP contribution < -0.4 is 0 Å². The first-order valence-corrected chi connectivity index (χ1v) is 7.78. The van der Waals surface area contributed by atoms with Gasteiger partial charge < -0.3 is 9.64 Å². The van der Waals surface area contributed by atoms with Crippen LogP contribution in [0, 0.1) is 0 Å². The van der Waals surface area contributed by atoms with E-state index in [0.29, 0.717) is 12.8 Å². The zero-order valence-electron chi connectivity index (χ0n) is 10.7. The number of rotatable bonds is 5. The van der Waals surface area contributed by atoms with Crippen molar-refractivity contribution in [3.63, 3.8) is 0 Å². The summed E-state index contributed by atoms with van der Waals surface area (Å²) in [6.45, 7) is 1.94. The Kier molecular flexibility index (Phi) is 5.13. The van der Waals surface area contributed by atoms with Gasteiger partial charge in [-0.25, -0.2) is 8.42 Å². The largest absolute Gasteiger partial charge is 0.469 e. The summed E-state index contributed by atoms with van der Waals surface area (Å²) in [5.74, 6) is -0.408. The lowest BCUT2D eigenvalue weighted by Crippen LogP contribution is -2.42. The predicted molar refractivity (Wildman–Crippen MR) is 65.7 cm³/mol. The molecule has 0 aromatic carbocycles. The molecule has 0 radical (unpaired) electrons. The zero-order chi connectivity index (χ0) is 13.8. The van der Waals surface area contributed by atoms with Crippen molar-refractivity contribution in [2.75, 3.05) is 25.2 Å². The first-order chi connectivity index (χ1) is 8.39. The van der Waals surface area contributed by atoms with Crippen LogP contribution in [0.3, 0.4) is 0 Å². The number of amides is 1. The van der Waals surface area contributed by atoms with Gasteiger partial charge in [0.1, 0.15) is 0 Å². The van der Waals surface area contributed by atoms with Crippen LogP contribution in [0.2, 0.25) is 0 Å². The molecule has 1 heterocycles. The van der Waals surface area contributed by atoms with Gasteiger partial charge >= 0.3 is 5.97 Å². The third-order valence-electron chi connectivity index (χ3n) is 3.06.